The molecule has 2 heteroatoms. The maximum atomic E-state index is 5.87. The van der Waals surface area contributed by atoms with Crippen LogP contribution >= 0.6 is 0 Å². The van der Waals surface area contributed by atoms with Crippen LogP contribution in [-0.2, 0) is 11.2 Å². The van der Waals surface area contributed by atoms with Gasteiger partial charge in [-0.15, -0.1) is 0 Å². The van der Waals surface area contributed by atoms with Crippen LogP contribution in [0, 0.1) is 0 Å². The summed E-state index contributed by atoms with van der Waals surface area (Å²) in [6, 6.07) is 10.2. The quantitative estimate of drug-likeness (QED) is 0.551. The van der Waals surface area contributed by atoms with Crippen molar-refractivity contribution in [3.63, 3.8) is 0 Å². The highest BCUT2D eigenvalue weighted by molar-refractivity contribution is 5.15. The molecule has 0 aliphatic heterocycles. The van der Waals surface area contributed by atoms with Crippen LogP contribution in [0.25, 0.3) is 0 Å². The van der Waals surface area contributed by atoms with Crippen LogP contribution in [0.3, 0.4) is 0 Å². The molecule has 0 saturated carbocycles. The van der Waals surface area contributed by atoms with Crippen molar-refractivity contribution in [1.82, 2.24) is 0 Å². The highest BCUT2D eigenvalue weighted by Crippen LogP contribution is 2.03. The maximum Gasteiger partial charge on any atom is 0.109 e. The molecule has 2 nitrogen and oxygen atoms in total. The molecule has 84 valence electrons. The molecule has 1 aromatic rings. The molecule has 15 heavy (non-hydrogen) atoms. The molecule has 0 bridgehead atoms. The van der Waals surface area contributed by atoms with Gasteiger partial charge in [0.2, 0.25) is 0 Å². The standard InChI is InChI=1S/C13H21NO/c1-2-3-7-10-15-13(14)11-12-8-5-4-6-9-12/h4-6,8-9,13H,2-3,7,10-11,14H2,1H3. The van der Waals surface area contributed by atoms with Gasteiger partial charge >= 0.3 is 0 Å². The van der Waals surface area contributed by atoms with Crippen LogP contribution in [0.2, 0.25) is 0 Å². The molecule has 0 saturated heterocycles. The maximum absolute atomic E-state index is 5.87. The highest BCUT2D eigenvalue weighted by atomic mass is 16.5. The molecule has 0 aliphatic rings. The van der Waals surface area contributed by atoms with E-state index in [1.165, 1.54) is 18.4 Å². The van der Waals surface area contributed by atoms with Gasteiger partial charge in [0.15, 0.2) is 0 Å². The van der Waals surface area contributed by atoms with E-state index in [4.69, 9.17) is 10.5 Å². The zero-order valence-corrected chi connectivity index (χ0v) is 9.49. The number of benzene rings is 1. The first-order valence-corrected chi connectivity index (χ1v) is 5.74. The molecule has 0 spiro atoms. The van der Waals surface area contributed by atoms with Gasteiger partial charge in [0.25, 0.3) is 0 Å². The third kappa shape index (κ3) is 5.55. The summed E-state index contributed by atoms with van der Waals surface area (Å²) in [5.41, 5.74) is 7.10. The summed E-state index contributed by atoms with van der Waals surface area (Å²) < 4.78 is 5.53. The van der Waals surface area contributed by atoms with E-state index >= 15 is 0 Å². The van der Waals surface area contributed by atoms with Gasteiger partial charge in [0.05, 0.1) is 0 Å². The van der Waals surface area contributed by atoms with Gasteiger partial charge in [-0.25, -0.2) is 0 Å². The number of unbranched alkanes of at least 4 members (excludes halogenated alkanes) is 2. The van der Waals surface area contributed by atoms with Crippen molar-refractivity contribution in [1.29, 1.82) is 0 Å². The molecule has 2 N–H and O–H groups in total. The smallest absolute Gasteiger partial charge is 0.109 e. The first-order chi connectivity index (χ1) is 7.33. The van der Waals surface area contributed by atoms with Crippen molar-refractivity contribution in [3.8, 4) is 0 Å². The molecule has 0 fully saturated rings. The van der Waals surface area contributed by atoms with Crippen LogP contribution in [0.15, 0.2) is 30.3 Å². The second-order valence-electron chi connectivity index (χ2n) is 3.81. The normalized spacial score (nSPS) is 12.7. The lowest BCUT2D eigenvalue weighted by Crippen LogP contribution is -2.26. The fourth-order valence-corrected chi connectivity index (χ4v) is 1.49. The van der Waals surface area contributed by atoms with Crippen molar-refractivity contribution in [3.05, 3.63) is 35.9 Å². The summed E-state index contributed by atoms with van der Waals surface area (Å²) >= 11 is 0. The number of hydrogen-bond acceptors (Lipinski definition) is 2. The van der Waals surface area contributed by atoms with Crippen molar-refractivity contribution < 1.29 is 4.74 Å². The molecule has 0 aliphatic carbocycles. The Labute approximate surface area is 92.4 Å². The molecule has 1 unspecified atom stereocenters. The average molecular weight is 207 g/mol. The van der Waals surface area contributed by atoms with Crippen molar-refractivity contribution in [2.24, 2.45) is 5.73 Å². The Morgan fingerprint density at radius 2 is 1.93 bits per heavy atom. The van der Waals surface area contributed by atoms with Gasteiger partial charge in [0, 0.05) is 13.0 Å². The minimum Gasteiger partial charge on any atom is -0.363 e. The molecular weight excluding hydrogens is 186 g/mol. The minimum absolute atomic E-state index is 0.163. The Morgan fingerprint density at radius 1 is 1.20 bits per heavy atom. The van der Waals surface area contributed by atoms with Gasteiger partial charge in [0.1, 0.15) is 6.23 Å². The topological polar surface area (TPSA) is 35.2 Å². The predicted molar refractivity (Wildman–Crippen MR) is 63.6 cm³/mol. The van der Waals surface area contributed by atoms with Gasteiger partial charge in [-0.1, -0.05) is 50.1 Å². The van der Waals surface area contributed by atoms with Crippen molar-refractivity contribution in [2.75, 3.05) is 6.61 Å². The van der Waals surface area contributed by atoms with Gasteiger partial charge in [-0.3, -0.25) is 0 Å². The van der Waals surface area contributed by atoms with E-state index in [0.29, 0.717) is 0 Å². The van der Waals surface area contributed by atoms with Crippen LogP contribution in [-0.4, -0.2) is 12.8 Å². The second kappa shape index (κ2) is 7.43. The van der Waals surface area contributed by atoms with E-state index in [-0.39, 0.29) is 6.23 Å². The van der Waals surface area contributed by atoms with E-state index < -0.39 is 0 Å². The Morgan fingerprint density at radius 3 is 2.60 bits per heavy atom. The summed E-state index contributed by atoms with van der Waals surface area (Å²) in [7, 11) is 0. The third-order valence-corrected chi connectivity index (χ3v) is 2.36. The van der Waals surface area contributed by atoms with Gasteiger partial charge in [-0.05, 0) is 12.0 Å². The minimum atomic E-state index is -0.163. The summed E-state index contributed by atoms with van der Waals surface area (Å²) in [6.07, 6.45) is 4.19. The molecule has 1 aromatic carbocycles. The van der Waals surface area contributed by atoms with E-state index in [1.807, 2.05) is 18.2 Å². The predicted octanol–water partition coefficient (Wildman–Crippen LogP) is 2.72. The van der Waals surface area contributed by atoms with E-state index in [2.05, 4.69) is 19.1 Å². The summed E-state index contributed by atoms with van der Waals surface area (Å²) in [6.45, 7) is 2.96. The molecule has 0 radical (unpaired) electrons. The Hall–Kier alpha value is -0.860. The Kier molecular flexibility index (Phi) is 6.05. The number of hydrogen-bond donors (Lipinski definition) is 1. The average Bonchev–Trinajstić information content (AvgIpc) is 2.26. The van der Waals surface area contributed by atoms with E-state index in [1.54, 1.807) is 0 Å². The van der Waals surface area contributed by atoms with Crippen LogP contribution < -0.4 is 5.73 Å². The van der Waals surface area contributed by atoms with Crippen LogP contribution in [0.5, 0.6) is 0 Å². The fraction of sp³-hybridized carbons (Fsp3) is 0.538. The van der Waals surface area contributed by atoms with Crippen LogP contribution in [0.1, 0.15) is 31.7 Å². The largest absolute Gasteiger partial charge is 0.363 e. The van der Waals surface area contributed by atoms with Gasteiger partial charge < -0.3 is 10.5 Å². The number of nitrogens with two attached hydrogens (primary N) is 1. The monoisotopic (exact) mass is 207 g/mol. The lowest BCUT2D eigenvalue weighted by atomic mass is 10.1. The zero-order chi connectivity index (χ0) is 10.9. The Bertz CT molecular complexity index is 248. The number of rotatable bonds is 7. The zero-order valence-electron chi connectivity index (χ0n) is 9.49. The third-order valence-electron chi connectivity index (χ3n) is 2.36. The lowest BCUT2D eigenvalue weighted by Gasteiger charge is -2.12. The fourth-order valence-electron chi connectivity index (χ4n) is 1.49. The van der Waals surface area contributed by atoms with E-state index in [9.17, 15) is 0 Å². The molecule has 1 rings (SSSR count). The van der Waals surface area contributed by atoms with Crippen LogP contribution in [0.4, 0.5) is 0 Å². The second-order valence-corrected chi connectivity index (χ2v) is 3.81. The van der Waals surface area contributed by atoms with Crippen molar-refractivity contribution >= 4 is 0 Å². The SMILES string of the molecule is CCCCCOC(N)Cc1ccccc1. The lowest BCUT2D eigenvalue weighted by molar-refractivity contribution is 0.0555. The molecular formula is C13H21NO. The van der Waals surface area contributed by atoms with Gasteiger partial charge in [-0.2, -0.15) is 0 Å². The highest BCUT2D eigenvalue weighted by Gasteiger charge is 2.02. The number of ether oxygens (including phenoxy) is 1. The van der Waals surface area contributed by atoms with Crippen molar-refractivity contribution in [2.45, 2.75) is 38.8 Å². The summed E-state index contributed by atoms with van der Waals surface area (Å²) in [5, 5.41) is 0. The first kappa shape index (κ1) is 12.2. The molecule has 0 aromatic heterocycles. The van der Waals surface area contributed by atoms with E-state index in [0.717, 1.165) is 19.4 Å². The molecule has 0 heterocycles. The summed E-state index contributed by atoms with van der Waals surface area (Å²) in [5.74, 6) is 0. The Balaban J connectivity index is 2.16. The molecule has 1 atom stereocenters. The molecule has 0 amide bonds. The summed E-state index contributed by atoms with van der Waals surface area (Å²) in [4.78, 5) is 0. The first-order valence-electron chi connectivity index (χ1n) is 5.74.